The van der Waals surface area contributed by atoms with Crippen LogP contribution < -0.4 is 10.5 Å². The molecule has 0 spiro atoms. The van der Waals surface area contributed by atoms with Gasteiger partial charge in [0.1, 0.15) is 5.75 Å². The van der Waals surface area contributed by atoms with Crippen LogP contribution >= 0.6 is 11.6 Å². The minimum absolute atomic E-state index is 0.271. The molecule has 4 nitrogen and oxygen atoms in total. The molecule has 1 aromatic rings. The minimum Gasteiger partial charge on any atom is -0.496 e. The number of methoxy groups -OCH3 is 1. The van der Waals surface area contributed by atoms with Crippen molar-refractivity contribution in [2.75, 3.05) is 20.3 Å². The topological polar surface area (TPSA) is 53.7 Å². The molecular formula is C14H22ClNO3. The van der Waals surface area contributed by atoms with E-state index in [1.807, 2.05) is 26.0 Å². The van der Waals surface area contributed by atoms with Gasteiger partial charge in [-0.1, -0.05) is 11.6 Å². The Morgan fingerprint density at radius 3 is 2.37 bits per heavy atom. The van der Waals surface area contributed by atoms with Crippen LogP contribution in [0, 0.1) is 0 Å². The van der Waals surface area contributed by atoms with Gasteiger partial charge in [0.2, 0.25) is 0 Å². The van der Waals surface area contributed by atoms with Gasteiger partial charge in [0, 0.05) is 18.2 Å². The van der Waals surface area contributed by atoms with Gasteiger partial charge in [-0.05, 0) is 44.0 Å². The third kappa shape index (κ3) is 4.99. The van der Waals surface area contributed by atoms with Gasteiger partial charge in [0.05, 0.1) is 13.2 Å². The van der Waals surface area contributed by atoms with E-state index >= 15 is 0 Å². The van der Waals surface area contributed by atoms with Crippen molar-refractivity contribution in [3.8, 4) is 5.75 Å². The van der Waals surface area contributed by atoms with Gasteiger partial charge in [-0.3, -0.25) is 0 Å². The normalized spacial score (nSPS) is 12.7. The molecule has 0 radical (unpaired) electrons. The highest BCUT2D eigenvalue weighted by atomic mass is 35.5. The van der Waals surface area contributed by atoms with E-state index in [0.29, 0.717) is 24.7 Å². The van der Waals surface area contributed by atoms with Crippen LogP contribution in [0.4, 0.5) is 0 Å². The highest BCUT2D eigenvalue weighted by molar-refractivity contribution is 6.30. The van der Waals surface area contributed by atoms with Gasteiger partial charge in [-0.25, -0.2) is 0 Å². The Balaban J connectivity index is 2.78. The van der Waals surface area contributed by atoms with Gasteiger partial charge in [0.25, 0.3) is 0 Å². The lowest BCUT2D eigenvalue weighted by molar-refractivity contribution is -0.148. The Kier molecular flexibility index (Phi) is 7.16. The summed E-state index contributed by atoms with van der Waals surface area (Å²) in [6.07, 6.45) is 0.160. The lowest BCUT2D eigenvalue weighted by Crippen LogP contribution is -2.40. The summed E-state index contributed by atoms with van der Waals surface area (Å²) in [4.78, 5) is 0. The number of ether oxygens (including phenoxy) is 3. The Labute approximate surface area is 119 Å². The van der Waals surface area contributed by atoms with Crippen molar-refractivity contribution in [1.29, 1.82) is 0 Å². The molecule has 0 amide bonds. The average Bonchev–Trinajstić information content (AvgIpc) is 2.38. The number of nitrogens with two attached hydrogens (primary N) is 1. The van der Waals surface area contributed by atoms with Gasteiger partial charge in [-0.15, -0.1) is 0 Å². The van der Waals surface area contributed by atoms with Crippen LogP contribution in [-0.4, -0.2) is 32.7 Å². The summed E-state index contributed by atoms with van der Waals surface area (Å²) in [6.45, 7) is 4.95. The predicted octanol–water partition coefficient (Wildman–Crippen LogP) is 2.62. The highest BCUT2D eigenvalue weighted by Gasteiger charge is 2.20. The average molecular weight is 288 g/mol. The van der Waals surface area contributed by atoms with Crippen molar-refractivity contribution < 1.29 is 14.2 Å². The molecule has 1 rings (SSSR count). The van der Waals surface area contributed by atoms with Crippen LogP contribution in [0.15, 0.2) is 18.2 Å². The zero-order valence-electron chi connectivity index (χ0n) is 11.7. The first-order valence-electron chi connectivity index (χ1n) is 6.43. The zero-order chi connectivity index (χ0) is 14.3. The molecule has 0 heterocycles. The Morgan fingerprint density at radius 2 is 1.84 bits per heavy atom. The van der Waals surface area contributed by atoms with E-state index < -0.39 is 6.29 Å². The molecule has 0 saturated heterocycles. The molecule has 0 aromatic heterocycles. The van der Waals surface area contributed by atoms with Crippen LogP contribution in [0.1, 0.15) is 19.4 Å². The monoisotopic (exact) mass is 287 g/mol. The Hall–Kier alpha value is -0.810. The Bertz CT molecular complexity index is 381. The molecule has 0 fully saturated rings. The summed E-state index contributed by atoms with van der Waals surface area (Å²) in [7, 11) is 1.63. The van der Waals surface area contributed by atoms with Gasteiger partial charge >= 0.3 is 0 Å². The van der Waals surface area contributed by atoms with Crippen molar-refractivity contribution in [3.05, 3.63) is 28.8 Å². The van der Waals surface area contributed by atoms with Crippen molar-refractivity contribution in [2.45, 2.75) is 32.6 Å². The van der Waals surface area contributed by atoms with Gasteiger partial charge in [0.15, 0.2) is 6.29 Å². The maximum atomic E-state index is 6.15. The zero-order valence-corrected chi connectivity index (χ0v) is 12.4. The molecule has 5 heteroatoms. The second-order valence-electron chi connectivity index (χ2n) is 4.10. The fourth-order valence-corrected chi connectivity index (χ4v) is 2.08. The molecule has 1 aromatic carbocycles. The number of halogens is 1. The SMILES string of the molecule is CCOC(OCC)C(N)Cc1cc(Cl)ccc1OC. The summed E-state index contributed by atoms with van der Waals surface area (Å²) in [5, 5.41) is 0.660. The number of rotatable bonds is 8. The molecule has 0 aliphatic rings. The van der Waals surface area contributed by atoms with Crippen LogP contribution in [0.3, 0.4) is 0 Å². The third-order valence-electron chi connectivity index (χ3n) is 2.71. The van der Waals surface area contributed by atoms with E-state index in [9.17, 15) is 0 Å². The van der Waals surface area contributed by atoms with Crippen molar-refractivity contribution in [2.24, 2.45) is 5.73 Å². The van der Waals surface area contributed by atoms with E-state index in [4.69, 9.17) is 31.5 Å². The number of hydrogen-bond donors (Lipinski definition) is 1. The van der Waals surface area contributed by atoms with Crippen molar-refractivity contribution >= 4 is 11.6 Å². The lowest BCUT2D eigenvalue weighted by atomic mass is 10.0. The van der Waals surface area contributed by atoms with Crippen molar-refractivity contribution in [3.63, 3.8) is 0 Å². The van der Waals surface area contributed by atoms with Gasteiger partial charge in [-0.2, -0.15) is 0 Å². The first kappa shape index (κ1) is 16.2. The smallest absolute Gasteiger partial charge is 0.172 e. The Morgan fingerprint density at radius 1 is 1.21 bits per heavy atom. The molecule has 2 N–H and O–H groups in total. The summed E-state index contributed by atoms with van der Waals surface area (Å²) < 4.78 is 16.3. The van der Waals surface area contributed by atoms with E-state index in [0.717, 1.165) is 11.3 Å². The molecule has 1 atom stereocenters. The molecule has 1 unspecified atom stereocenters. The summed E-state index contributed by atoms with van der Waals surface area (Å²) >= 11 is 6.00. The quantitative estimate of drug-likeness (QED) is 0.747. The predicted molar refractivity (Wildman–Crippen MR) is 76.7 cm³/mol. The standard InChI is InChI=1S/C14H22ClNO3/c1-4-18-14(19-5-2)12(16)9-10-8-11(15)6-7-13(10)17-3/h6-8,12,14H,4-5,9,16H2,1-3H3. The largest absolute Gasteiger partial charge is 0.496 e. The number of hydrogen-bond acceptors (Lipinski definition) is 4. The van der Waals surface area contributed by atoms with Crippen LogP contribution in [-0.2, 0) is 15.9 Å². The molecule has 0 saturated carbocycles. The second kappa shape index (κ2) is 8.38. The third-order valence-corrected chi connectivity index (χ3v) is 2.94. The molecule has 0 aliphatic heterocycles. The van der Waals surface area contributed by atoms with E-state index in [1.165, 1.54) is 0 Å². The fourth-order valence-electron chi connectivity index (χ4n) is 1.88. The van der Waals surface area contributed by atoms with Crippen LogP contribution in [0.5, 0.6) is 5.75 Å². The maximum absolute atomic E-state index is 6.15. The van der Waals surface area contributed by atoms with E-state index in [2.05, 4.69) is 0 Å². The first-order valence-corrected chi connectivity index (χ1v) is 6.81. The first-order chi connectivity index (χ1) is 9.12. The fraction of sp³-hybridized carbons (Fsp3) is 0.571. The second-order valence-corrected chi connectivity index (χ2v) is 4.54. The van der Waals surface area contributed by atoms with Crippen molar-refractivity contribution in [1.82, 2.24) is 0 Å². The highest BCUT2D eigenvalue weighted by Crippen LogP contribution is 2.24. The maximum Gasteiger partial charge on any atom is 0.172 e. The van der Waals surface area contributed by atoms with Gasteiger partial charge < -0.3 is 19.9 Å². The number of benzene rings is 1. The summed E-state index contributed by atoms with van der Waals surface area (Å²) in [6, 6.07) is 5.21. The van der Waals surface area contributed by atoms with E-state index in [-0.39, 0.29) is 6.04 Å². The van der Waals surface area contributed by atoms with Crippen LogP contribution in [0.2, 0.25) is 5.02 Å². The summed E-state index contributed by atoms with van der Waals surface area (Å²) in [5.41, 5.74) is 7.10. The molecule has 108 valence electrons. The molecular weight excluding hydrogens is 266 g/mol. The molecule has 19 heavy (non-hydrogen) atoms. The summed E-state index contributed by atoms with van der Waals surface area (Å²) in [5.74, 6) is 0.770. The van der Waals surface area contributed by atoms with Crippen LogP contribution in [0.25, 0.3) is 0 Å². The lowest BCUT2D eigenvalue weighted by Gasteiger charge is -2.24. The molecule has 0 bridgehead atoms. The molecule has 0 aliphatic carbocycles. The van der Waals surface area contributed by atoms with E-state index in [1.54, 1.807) is 13.2 Å². The minimum atomic E-state index is -0.418.